The zero-order chi connectivity index (χ0) is 18.2. The molecule has 0 spiro atoms. The van der Waals surface area contributed by atoms with Gasteiger partial charge >= 0.3 is 18.0 Å². The summed E-state index contributed by atoms with van der Waals surface area (Å²) in [6.45, 7) is -0.426. The molecule has 1 aliphatic carbocycles. The Morgan fingerprint density at radius 1 is 1.32 bits per heavy atom. The Balaban J connectivity index is 2.10. The number of hydrogen-bond donors (Lipinski definition) is 0. The van der Waals surface area contributed by atoms with Crippen molar-refractivity contribution in [2.24, 2.45) is 0 Å². The number of halogens is 3. The second-order valence-corrected chi connectivity index (χ2v) is 5.49. The van der Waals surface area contributed by atoms with Gasteiger partial charge in [-0.05, 0) is 25.0 Å². The van der Waals surface area contributed by atoms with Crippen LogP contribution in [-0.2, 0) is 16.1 Å². The molecule has 1 heterocycles. The lowest BCUT2D eigenvalue weighted by Gasteiger charge is -2.13. The first-order valence-electron chi connectivity index (χ1n) is 7.41. The van der Waals surface area contributed by atoms with E-state index in [-0.39, 0.29) is 17.4 Å². The van der Waals surface area contributed by atoms with Crippen LogP contribution in [0.4, 0.5) is 13.2 Å². The van der Waals surface area contributed by atoms with E-state index in [0.29, 0.717) is 12.8 Å². The SMILES string of the molecule is COC(=O)Cn1nc(-c2ccccc2OC(F)(F)F)n(C2CC2)c1=O. The summed E-state index contributed by atoms with van der Waals surface area (Å²) in [7, 11) is 1.17. The second kappa shape index (κ2) is 6.26. The maximum atomic E-state index is 12.6. The molecule has 0 unspecified atom stereocenters. The summed E-state index contributed by atoms with van der Waals surface area (Å²) in [6, 6.07) is 5.26. The number of alkyl halides is 3. The molecule has 0 saturated heterocycles. The number of esters is 1. The van der Waals surface area contributed by atoms with Crippen molar-refractivity contribution in [2.75, 3.05) is 7.11 Å². The highest BCUT2D eigenvalue weighted by molar-refractivity contribution is 5.69. The Morgan fingerprint density at radius 3 is 2.60 bits per heavy atom. The number of carbonyl (C=O) groups excluding carboxylic acids is 1. The van der Waals surface area contributed by atoms with Crippen LogP contribution in [0.5, 0.6) is 5.75 Å². The van der Waals surface area contributed by atoms with Gasteiger partial charge in [0.2, 0.25) is 0 Å². The van der Waals surface area contributed by atoms with Crippen LogP contribution in [0.3, 0.4) is 0 Å². The van der Waals surface area contributed by atoms with E-state index in [1.807, 2.05) is 0 Å². The lowest BCUT2D eigenvalue weighted by molar-refractivity contribution is -0.274. The van der Waals surface area contributed by atoms with Crippen LogP contribution >= 0.6 is 0 Å². The molecule has 1 aromatic carbocycles. The molecular weight excluding hydrogens is 343 g/mol. The van der Waals surface area contributed by atoms with E-state index >= 15 is 0 Å². The summed E-state index contributed by atoms with van der Waals surface area (Å²) < 4.78 is 48.6. The molecule has 134 valence electrons. The molecule has 0 aliphatic heterocycles. The van der Waals surface area contributed by atoms with E-state index in [4.69, 9.17) is 0 Å². The largest absolute Gasteiger partial charge is 0.573 e. The van der Waals surface area contributed by atoms with Crippen molar-refractivity contribution in [3.8, 4) is 17.1 Å². The molecule has 1 aromatic heterocycles. The molecule has 1 aliphatic rings. The molecule has 0 atom stereocenters. The molecule has 7 nitrogen and oxygen atoms in total. The monoisotopic (exact) mass is 357 g/mol. The van der Waals surface area contributed by atoms with E-state index < -0.39 is 30.3 Å². The minimum Gasteiger partial charge on any atom is -0.468 e. The van der Waals surface area contributed by atoms with Crippen LogP contribution in [-0.4, -0.2) is 33.8 Å². The fourth-order valence-corrected chi connectivity index (χ4v) is 2.42. The highest BCUT2D eigenvalue weighted by Crippen LogP contribution is 2.39. The fourth-order valence-electron chi connectivity index (χ4n) is 2.42. The minimum atomic E-state index is -4.88. The number of methoxy groups -OCH3 is 1. The molecular formula is C15H14F3N3O4. The molecule has 0 N–H and O–H groups in total. The molecule has 3 rings (SSSR count). The van der Waals surface area contributed by atoms with Crippen molar-refractivity contribution >= 4 is 5.97 Å². The molecule has 0 bridgehead atoms. The highest BCUT2D eigenvalue weighted by atomic mass is 19.4. The Labute approximate surface area is 139 Å². The Kier molecular flexibility index (Phi) is 4.27. The van der Waals surface area contributed by atoms with E-state index in [1.165, 1.54) is 29.9 Å². The Morgan fingerprint density at radius 2 is 2.00 bits per heavy atom. The zero-order valence-corrected chi connectivity index (χ0v) is 13.1. The van der Waals surface area contributed by atoms with E-state index in [2.05, 4.69) is 14.6 Å². The number of carbonyl (C=O) groups is 1. The number of aromatic nitrogens is 3. The van der Waals surface area contributed by atoms with Crippen LogP contribution in [0.2, 0.25) is 0 Å². The molecule has 1 saturated carbocycles. The summed E-state index contributed by atoms with van der Waals surface area (Å²) in [6.07, 6.45) is -3.46. The molecule has 0 amide bonds. The van der Waals surface area contributed by atoms with Gasteiger partial charge in [0, 0.05) is 6.04 Å². The van der Waals surface area contributed by atoms with E-state index in [9.17, 15) is 22.8 Å². The number of benzene rings is 1. The summed E-state index contributed by atoms with van der Waals surface area (Å²) in [5.74, 6) is -1.13. The maximum Gasteiger partial charge on any atom is 0.573 e. The van der Waals surface area contributed by atoms with Crippen molar-refractivity contribution in [3.05, 3.63) is 34.7 Å². The van der Waals surface area contributed by atoms with Crippen LogP contribution < -0.4 is 10.4 Å². The first kappa shape index (κ1) is 17.1. The lowest BCUT2D eigenvalue weighted by Crippen LogP contribution is -2.28. The molecule has 25 heavy (non-hydrogen) atoms. The van der Waals surface area contributed by atoms with Gasteiger partial charge in [-0.15, -0.1) is 18.3 Å². The van der Waals surface area contributed by atoms with Gasteiger partial charge in [0.15, 0.2) is 5.82 Å². The summed E-state index contributed by atoms with van der Waals surface area (Å²) in [5, 5.41) is 4.04. The van der Waals surface area contributed by atoms with Gasteiger partial charge in [-0.25, -0.2) is 9.48 Å². The van der Waals surface area contributed by atoms with E-state index in [1.54, 1.807) is 0 Å². The van der Waals surface area contributed by atoms with Crippen LogP contribution in [0, 0.1) is 0 Å². The van der Waals surface area contributed by atoms with Crippen molar-refractivity contribution in [2.45, 2.75) is 31.8 Å². The average molecular weight is 357 g/mol. The normalized spacial score (nSPS) is 14.4. The van der Waals surface area contributed by atoms with Gasteiger partial charge in [-0.3, -0.25) is 9.36 Å². The number of hydrogen-bond acceptors (Lipinski definition) is 5. The van der Waals surface area contributed by atoms with Crippen molar-refractivity contribution in [1.29, 1.82) is 0 Å². The predicted molar refractivity (Wildman–Crippen MR) is 78.9 cm³/mol. The third kappa shape index (κ3) is 3.67. The number of para-hydroxylation sites is 1. The lowest BCUT2D eigenvalue weighted by atomic mass is 10.2. The topological polar surface area (TPSA) is 75.4 Å². The summed E-state index contributed by atoms with van der Waals surface area (Å²) in [4.78, 5) is 23.9. The maximum absolute atomic E-state index is 12.6. The highest BCUT2D eigenvalue weighted by Gasteiger charge is 2.35. The molecule has 0 radical (unpaired) electrons. The standard InChI is InChI=1S/C15H14F3N3O4/c1-24-12(22)8-20-14(23)21(9-6-7-9)13(19-20)10-4-2-3-5-11(10)25-15(16,17)18/h2-5,9H,6-8H2,1H3. The Hall–Kier alpha value is -2.78. The number of nitrogens with zero attached hydrogens (tertiary/aromatic N) is 3. The smallest absolute Gasteiger partial charge is 0.468 e. The van der Waals surface area contributed by atoms with Gasteiger partial charge in [-0.1, -0.05) is 12.1 Å². The fraction of sp³-hybridized carbons (Fsp3) is 0.400. The molecule has 2 aromatic rings. The predicted octanol–water partition coefficient (Wildman–Crippen LogP) is 2.12. The third-order valence-electron chi connectivity index (χ3n) is 3.64. The molecule has 1 fully saturated rings. The zero-order valence-electron chi connectivity index (χ0n) is 13.1. The van der Waals surface area contributed by atoms with Crippen LogP contribution in [0.25, 0.3) is 11.4 Å². The third-order valence-corrected chi connectivity index (χ3v) is 3.64. The molecule has 10 heteroatoms. The van der Waals surface area contributed by atoms with Gasteiger partial charge in [0.1, 0.15) is 12.3 Å². The summed E-state index contributed by atoms with van der Waals surface area (Å²) >= 11 is 0. The Bertz CT molecular complexity index is 852. The van der Waals surface area contributed by atoms with E-state index in [0.717, 1.165) is 10.7 Å². The quantitative estimate of drug-likeness (QED) is 0.767. The number of rotatable bonds is 5. The van der Waals surface area contributed by atoms with Crippen molar-refractivity contribution < 1.29 is 27.4 Å². The van der Waals surface area contributed by atoms with Crippen molar-refractivity contribution in [1.82, 2.24) is 14.3 Å². The van der Waals surface area contributed by atoms with Gasteiger partial charge in [-0.2, -0.15) is 0 Å². The second-order valence-electron chi connectivity index (χ2n) is 5.49. The van der Waals surface area contributed by atoms with Gasteiger partial charge in [0.25, 0.3) is 0 Å². The first-order chi connectivity index (χ1) is 11.8. The van der Waals surface area contributed by atoms with Gasteiger partial charge in [0.05, 0.1) is 12.7 Å². The van der Waals surface area contributed by atoms with Crippen LogP contribution in [0.1, 0.15) is 18.9 Å². The first-order valence-corrected chi connectivity index (χ1v) is 7.41. The van der Waals surface area contributed by atoms with Crippen molar-refractivity contribution in [3.63, 3.8) is 0 Å². The number of ether oxygens (including phenoxy) is 2. The van der Waals surface area contributed by atoms with Crippen LogP contribution in [0.15, 0.2) is 29.1 Å². The van der Waals surface area contributed by atoms with Gasteiger partial charge < -0.3 is 9.47 Å². The average Bonchev–Trinajstić information content (AvgIpc) is 3.32. The summed E-state index contributed by atoms with van der Waals surface area (Å²) in [5.41, 5.74) is -0.558. The minimum absolute atomic E-state index is 0.0208.